The van der Waals surface area contributed by atoms with Crippen molar-refractivity contribution in [3.05, 3.63) is 156 Å². The van der Waals surface area contributed by atoms with Crippen LogP contribution >= 0.6 is 0 Å². The fraction of sp³-hybridized carbons (Fsp3) is 0.0833. The third-order valence-electron chi connectivity index (χ3n) is 10.5. The van der Waals surface area contributed by atoms with Crippen molar-refractivity contribution >= 4 is 98.7 Å². The number of phenolic OH excluding ortho intramolecular Hbond substituents is 1. The summed E-state index contributed by atoms with van der Waals surface area (Å²) < 4.78 is 73.6. The molecular formula is C48H39N9O9S2. The summed E-state index contributed by atoms with van der Waals surface area (Å²) in [7, 11) is -8.02. The second-order valence-corrected chi connectivity index (χ2v) is 17.9. The maximum Gasteiger partial charge on any atom is 0.296 e. The van der Waals surface area contributed by atoms with E-state index in [1.165, 1.54) is 19.2 Å². The number of anilines is 2. The Morgan fingerprint density at radius 1 is 0.500 bits per heavy atom. The summed E-state index contributed by atoms with van der Waals surface area (Å²) in [5, 5.41) is 60.5. The average Bonchev–Trinajstić information content (AvgIpc) is 3.31. The minimum atomic E-state index is -4.81. The molecule has 0 aliphatic heterocycles. The van der Waals surface area contributed by atoms with Crippen LogP contribution in [-0.4, -0.2) is 43.3 Å². The van der Waals surface area contributed by atoms with Gasteiger partial charge in [0, 0.05) is 33.8 Å². The van der Waals surface area contributed by atoms with Gasteiger partial charge in [0.25, 0.3) is 20.2 Å². The van der Waals surface area contributed by atoms with E-state index in [-0.39, 0.29) is 34.5 Å². The maximum atomic E-state index is 12.2. The van der Waals surface area contributed by atoms with Gasteiger partial charge >= 0.3 is 0 Å². The zero-order chi connectivity index (χ0) is 48.2. The maximum absolute atomic E-state index is 12.2. The lowest BCUT2D eigenvalue weighted by Crippen LogP contribution is -2.01. The van der Waals surface area contributed by atoms with E-state index in [2.05, 4.69) is 46.2 Å². The fourth-order valence-electron chi connectivity index (χ4n) is 7.05. The van der Waals surface area contributed by atoms with Crippen LogP contribution in [0.4, 0.5) is 56.9 Å². The molecule has 8 aromatic rings. The Morgan fingerprint density at radius 2 is 1.09 bits per heavy atom. The second kappa shape index (κ2) is 19.4. The van der Waals surface area contributed by atoms with E-state index in [0.717, 1.165) is 40.5 Å². The smallest absolute Gasteiger partial charge is 0.296 e. The van der Waals surface area contributed by atoms with Gasteiger partial charge in [-0.2, -0.15) is 42.4 Å². The average molecular weight is 950 g/mol. The van der Waals surface area contributed by atoms with Crippen molar-refractivity contribution in [3.63, 3.8) is 0 Å². The molecule has 8 rings (SSSR count). The zero-order valence-electron chi connectivity index (χ0n) is 36.2. The fourth-order valence-corrected chi connectivity index (χ4v) is 8.40. The second-order valence-electron chi connectivity index (χ2n) is 15.2. The minimum absolute atomic E-state index is 0.0223. The first-order valence-corrected chi connectivity index (χ1v) is 23.3. The monoisotopic (exact) mass is 949 g/mol. The SMILES string of the molecule is COc1cc(N=Nc2ccc(N=Nc3ccc(N=Nc4cc5c(S(=O)(=O)O)cccc5cc4S(=O)(=O)O)c(C)c3)c(C)c2)c(CO)cc1N=Nc1ccc2cc(Nc3ccccc3)ccc2c1O. The Balaban J connectivity index is 0.958. The number of aromatic hydroxyl groups is 1. The Kier molecular flexibility index (Phi) is 13.2. The van der Waals surface area contributed by atoms with Crippen LogP contribution < -0.4 is 10.1 Å². The molecule has 68 heavy (non-hydrogen) atoms. The number of ether oxygens (including phenoxy) is 1. The molecule has 342 valence electrons. The van der Waals surface area contributed by atoms with E-state index in [0.29, 0.717) is 56.4 Å². The summed E-state index contributed by atoms with van der Waals surface area (Å²) in [6.07, 6.45) is 0. The minimum Gasteiger partial charge on any atom is -0.505 e. The first kappa shape index (κ1) is 46.4. The number of methoxy groups -OCH3 is 1. The van der Waals surface area contributed by atoms with Crippen molar-refractivity contribution in [2.45, 2.75) is 30.2 Å². The lowest BCUT2D eigenvalue weighted by atomic mass is 10.1. The predicted octanol–water partition coefficient (Wildman–Crippen LogP) is 13.7. The molecule has 0 heterocycles. The van der Waals surface area contributed by atoms with E-state index >= 15 is 0 Å². The molecule has 0 unspecified atom stereocenters. The summed E-state index contributed by atoms with van der Waals surface area (Å²) in [5.74, 6) is 0.269. The van der Waals surface area contributed by atoms with Gasteiger partial charge in [-0.25, -0.2) is 0 Å². The van der Waals surface area contributed by atoms with E-state index in [9.17, 15) is 36.2 Å². The van der Waals surface area contributed by atoms with Gasteiger partial charge in [0.1, 0.15) is 32.6 Å². The Bertz CT molecular complexity index is 3620. The van der Waals surface area contributed by atoms with Gasteiger partial charge < -0.3 is 20.3 Å². The van der Waals surface area contributed by atoms with Gasteiger partial charge in [-0.1, -0.05) is 36.4 Å². The van der Waals surface area contributed by atoms with Crippen LogP contribution in [-0.2, 0) is 26.8 Å². The van der Waals surface area contributed by atoms with Gasteiger partial charge in [-0.05, 0) is 133 Å². The van der Waals surface area contributed by atoms with Gasteiger partial charge in [0.2, 0.25) is 0 Å². The number of fused-ring (bicyclic) bond motifs is 2. The molecule has 20 heteroatoms. The van der Waals surface area contributed by atoms with Gasteiger partial charge in [0.15, 0.2) is 5.75 Å². The normalized spacial score (nSPS) is 12.4. The van der Waals surface area contributed by atoms with Crippen LogP contribution in [0.3, 0.4) is 0 Å². The van der Waals surface area contributed by atoms with E-state index in [1.54, 1.807) is 67.6 Å². The molecule has 0 amide bonds. The summed E-state index contributed by atoms with van der Waals surface area (Å²) in [4.78, 5) is -1.08. The molecule has 0 bridgehead atoms. The summed E-state index contributed by atoms with van der Waals surface area (Å²) in [6, 6.07) is 38.1. The molecule has 18 nitrogen and oxygen atoms in total. The Morgan fingerprint density at radius 3 is 1.72 bits per heavy atom. The largest absolute Gasteiger partial charge is 0.505 e. The van der Waals surface area contributed by atoms with Crippen LogP contribution in [0.2, 0.25) is 0 Å². The molecule has 0 saturated carbocycles. The summed E-state index contributed by atoms with van der Waals surface area (Å²) in [5.41, 5.74) is 5.84. The third kappa shape index (κ3) is 10.4. The molecule has 8 aromatic carbocycles. The molecule has 0 aliphatic carbocycles. The van der Waals surface area contributed by atoms with Gasteiger partial charge in [0.05, 0.1) is 42.2 Å². The Hall–Kier alpha value is -8.14. The van der Waals surface area contributed by atoms with Crippen molar-refractivity contribution in [1.82, 2.24) is 0 Å². The molecule has 0 spiro atoms. The molecular weight excluding hydrogens is 911 g/mol. The van der Waals surface area contributed by atoms with Crippen LogP contribution in [0.1, 0.15) is 16.7 Å². The van der Waals surface area contributed by atoms with E-state index in [4.69, 9.17) is 4.74 Å². The number of hydrogen-bond acceptors (Lipinski definition) is 16. The highest BCUT2D eigenvalue weighted by Gasteiger charge is 2.21. The van der Waals surface area contributed by atoms with Crippen molar-refractivity contribution in [1.29, 1.82) is 0 Å². The quantitative estimate of drug-likeness (QED) is 0.0508. The summed E-state index contributed by atoms with van der Waals surface area (Å²) >= 11 is 0. The molecule has 0 saturated heterocycles. The first-order chi connectivity index (χ1) is 32.6. The number of aliphatic hydroxyl groups is 1. The predicted molar refractivity (Wildman–Crippen MR) is 257 cm³/mol. The number of aryl methyl sites for hydroxylation is 2. The molecule has 0 fully saturated rings. The van der Waals surface area contributed by atoms with E-state index in [1.807, 2.05) is 55.5 Å². The number of para-hydroxylation sites is 1. The number of nitrogens with one attached hydrogen (secondary N) is 1. The Labute approximate surface area is 389 Å². The number of azo groups is 4. The number of aliphatic hydroxyl groups excluding tert-OH is 1. The van der Waals surface area contributed by atoms with Gasteiger partial charge in [-0.15, -0.1) is 15.3 Å². The molecule has 0 aliphatic rings. The number of hydrogen-bond donors (Lipinski definition) is 5. The van der Waals surface area contributed by atoms with Crippen molar-refractivity contribution in [3.8, 4) is 11.5 Å². The van der Waals surface area contributed by atoms with Crippen LogP contribution in [0.15, 0.2) is 190 Å². The lowest BCUT2D eigenvalue weighted by Gasteiger charge is -2.10. The summed E-state index contributed by atoms with van der Waals surface area (Å²) in [6.45, 7) is 3.15. The number of benzene rings is 8. The molecule has 0 aromatic heterocycles. The third-order valence-corrected chi connectivity index (χ3v) is 12.3. The van der Waals surface area contributed by atoms with Crippen LogP contribution in [0.5, 0.6) is 11.5 Å². The molecule has 5 N–H and O–H groups in total. The van der Waals surface area contributed by atoms with Crippen molar-refractivity contribution in [2.75, 3.05) is 12.4 Å². The zero-order valence-corrected chi connectivity index (χ0v) is 37.8. The van der Waals surface area contributed by atoms with E-state index < -0.39 is 30.0 Å². The highest BCUT2D eigenvalue weighted by Crippen LogP contribution is 2.41. The highest BCUT2D eigenvalue weighted by molar-refractivity contribution is 7.86. The molecule has 0 radical (unpaired) electrons. The topological polar surface area (TPSA) is 269 Å². The first-order valence-electron chi connectivity index (χ1n) is 20.4. The van der Waals surface area contributed by atoms with Crippen LogP contribution in [0, 0.1) is 13.8 Å². The highest BCUT2D eigenvalue weighted by atomic mass is 32.2. The van der Waals surface area contributed by atoms with Crippen molar-refractivity contribution < 1.29 is 40.9 Å². The number of rotatable bonds is 14. The molecule has 0 atom stereocenters. The number of nitrogens with zero attached hydrogens (tertiary/aromatic N) is 8. The van der Waals surface area contributed by atoms with Crippen LogP contribution in [0.25, 0.3) is 21.5 Å². The number of phenols is 1. The lowest BCUT2D eigenvalue weighted by molar-refractivity contribution is 0.282. The standard InChI is InChI=1S/C48H39N9O9S2/c1-28-20-36(14-18-39(28)52-50-35-15-19-40(29(2)21-35)53-57-44-25-38-30(24-47(44)68(63,64)65)8-7-11-46(38)67(60,61)62)51-55-42-26-45(66-3)43(23-32(42)27-58)56-54-41-17-12-31-22-34(13-16-37(31)48(41)59)49-33-9-5-4-6-10-33/h4-26,49,58-59H,27H2,1-3H3,(H,60,61,62)(H,63,64,65). The van der Waals surface area contributed by atoms with Gasteiger partial charge in [-0.3, -0.25) is 9.11 Å². The van der Waals surface area contributed by atoms with Crippen molar-refractivity contribution in [2.24, 2.45) is 40.9 Å².